The Hall–Kier alpha value is -4.30. The second kappa shape index (κ2) is 10.1. The van der Waals surface area contributed by atoms with Gasteiger partial charge in [-0.25, -0.2) is 10.5 Å². The van der Waals surface area contributed by atoms with E-state index in [0.29, 0.717) is 27.1 Å². The molecule has 0 aliphatic heterocycles. The maximum absolute atomic E-state index is 13.3. The van der Waals surface area contributed by atoms with E-state index < -0.39 is 23.4 Å². The van der Waals surface area contributed by atoms with Crippen LogP contribution in [-0.4, -0.2) is 27.7 Å². The number of H-pyrrole nitrogens is 1. The quantitative estimate of drug-likeness (QED) is 0.293. The Bertz CT molecular complexity index is 1450. The van der Waals surface area contributed by atoms with Crippen molar-refractivity contribution < 1.29 is 9.59 Å². The van der Waals surface area contributed by atoms with Crippen molar-refractivity contribution >= 4 is 39.9 Å². The number of hydrogen-bond acceptors (Lipinski definition) is 5. The minimum atomic E-state index is -1.23. The maximum Gasteiger partial charge on any atom is 0.272 e. The highest BCUT2D eigenvalue weighted by molar-refractivity contribution is 6.31. The lowest BCUT2D eigenvalue weighted by Crippen LogP contribution is -2.40. The highest BCUT2D eigenvalue weighted by Crippen LogP contribution is 2.20. The molecule has 34 heavy (non-hydrogen) atoms. The number of rotatable bonds is 6. The largest absolute Gasteiger partial charge is 0.335 e. The third kappa shape index (κ3) is 5.02. The minimum Gasteiger partial charge on any atom is -0.335 e. The van der Waals surface area contributed by atoms with Crippen LogP contribution in [0.3, 0.4) is 0 Å². The molecular weight excluding hydrogens is 454 g/mol. The number of hydrazone groups is 1. The summed E-state index contributed by atoms with van der Waals surface area (Å²) in [5, 5.41) is 14.7. The predicted octanol–water partition coefficient (Wildman–Crippen LogP) is 3.59. The number of carbonyl (C=O) groups excluding carboxylic acids is 2. The van der Waals surface area contributed by atoms with Gasteiger partial charge in [0.05, 0.1) is 11.1 Å². The first-order chi connectivity index (χ1) is 16.4. The van der Waals surface area contributed by atoms with Gasteiger partial charge in [-0.05, 0) is 42.8 Å². The Balaban J connectivity index is 1.70. The van der Waals surface area contributed by atoms with Gasteiger partial charge in [0, 0.05) is 16.0 Å². The first-order valence-electron chi connectivity index (χ1n) is 10.4. The van der Waals surface area contributed by atoms with Crippen LogP contribution in [0.2, 0.25) is 5.02 Å². The zero-order valence-corrected chi connectivity index (χ0v) is 18.8. The minimum absolute atomic E-state index is 0.188. The molecule has 0 aliphatic rings. The van der Waals surface area contributed by atoms with Gasteiger partial charge in [0.15, 0.2) is 6.04 Å². The van der Waals surface area contributed by atoms with E-state index >= 15 is 0 Å². The van der Waals surface area contributed by atoms with Crippen molar-refractivity contribution in [3.05, 3.63) is 111 Å². The van der Waals surface area contributed by atoms with Crippen molar-refractivity contribution in [3.8, 4) is 0 Å². The molecule has 3 aromatic carbocycles. The Morgan fingerprint density at radius 3 is 2.35 bits per heavy atom. The summed E-state index contributed by atoms with van der Waals surface area (Å²) in [6.45, 7) is 1.72. The molecule has 170 valence electrons. The van der Waals surface area contributed by atoms with Crippen LogP contribution in [0.15, 0.2) is 88.8 Å². The molecule has 0 aliphatic carbocycles. The fraction of sp³-hybridized carbons (Fsp3) is 0.0800. The maximum atomic E-state index is 13.3. The number of nitrogens with zero attached hydrogens (tertiary/aromatic N) is 2. The van der Waals surface area contributed by atoms with Crippen LogP contribution < -0.4 is 16.3 Å². The van der Waals surface area contributed by atoms with Gasteiger partial charge >= 0.3 is 0 Å². The number of halogens is 1. The zero-order chi connectivity index (χ0) is 24.1. The number of benzene rings is 3. The number of aromatic amines is 1. The average molecular weight is 474 g/mol. The van der Waals surface area contributed by atoms with Gasteiger partial charge in [-0.3, -0.25) is 14.4 Å². The molecule has 1 aromatic heterocycles. The van der Waals surface area contributed by atoms with Gasteiger partial charge in [0.2, 0.25) is 0 Å². The summed E-state index contributed by atoms with van der Waals surface area (Å²) in [4.78, 5) is 38.4. The first kappa shape index (κ1) is 22.9. The second-order valence-corrected chi connectivity index (χ2v) is 7.88. The Morgan fingerprint density at radius 2 is 1.62 bits per heavy atom. The SMILES string of the molecule is CC(=NNC(=O)C(NC(=O)c1ccccc1)c1n[nH]c(=O)c2ccccc12)c1cccc(Cl)c1. The van der Waals surface area contributed by atoms with Crippen molar-refractivity contribution in [2.45, 2.75) is 13.0 Å². The number of nitrogens with one attached hydrogen (secondary N) is 3. The first-order valence-corrected chi connectivity index (χ1v) is 10.7. The van der Waals surface area contributed by atoms with Gasteiger partial charge in [0.25, 0.3) is 17.4 Å². The van der Waals surface area contributed by atoms with Gasteiger partial charge in [-0.15, -0.1) is 0 Å². The molecule has 2 amide bonds. The summed E-state index contributed by atoms with van der Waals surface area (Å²) >= 11 is 6.04. The number of hydrogen-bond donors (Lipinski definition) is 3. The summed E-state index contributed by atoms with van der Waals surface area (Å²) in [7, 11) is 0. The Kier molecular flexibility index (Phi) is 6.79. The predicted molar refractivity (Wildman–Crippen MR) is 131 cm³/mol. The summed E-state index contributed by atoms with van der Waals surface area (Å²) in [5.74, 6) is -1.11. The van der Waals surface area contributed by atoms with Crippen LogP contribution in [0.1, 0.15) is 34.6 Å². The van der Waals surface area contributed by atoms with E-state index in [1.54, 1.807) is 79.7 Å². The molecule has 4 rings (SSSR count). The van der Waals surface area contributed by atoms with E-state index in [1.165, 1.54) is 0 Å². The lowest BCUT2D eigenvalue weighted by molar-refractivity contribution is -0.123. The van der Waals surface area contributed by atoms with Crippen molar-refractivity contribution in [1.82, 2.24) is 20.9 Å². The fourth-order valence-corrected chi connectivity index (χ4v) is 3.59. The molecule has 0 saturated carbocycles. The van der Waals surface area contributed by atoms with E-state index in [-0.39, 0.29) is 5.69 Å². The molecule has 1 heterocycles. The number of aromatic nitrogens is 2. The Labute approximate surface area is 199 Å². The number of carbonyl (C=O) groups is 2. The van der Waals surface area contributed by atoms with Crippen LogP contribution in [-0.2, 0) is 4.79 Å². The average Bonchev–Trinajstić information content (AvgIpc) is 2.87. The fourth-order valence-electron chi connectivity index (χ4n) is 3.40. The topological polar surface area (TPSA) is 116 Å². The highest BCUT2D eigenvalue weighted by atomic mass is 35.5. The molecule has 8 nitrogen and oxygen atoms in total. The van der Waals surface area contributed by atoms with E-state index in [2.05, 4.69) is 26.0 Å². The van der Waals surface area contributed by atoms with Crippen LogP contribution in [0.25, 0.3) is 10.8 Å². The molecule has 3 N–H and O–H groups in total. The molecule has 0 fully saturated rings. The van der Waals surface area contributed by atoms with E-state index in [1.807, 2.05) is 6.07 Å². The molecule has 4 aromatic rings. The molecule has 0 radical (unpaired) electrons. The Morgan fingerprint density at radius 1 is 0.941 bits per heavy atom. The smallest absolute Gasteiger partial charge is 0.272 e. The highest BCUT2D eigenvalue weighted by Gasteiger charge is 2.27. The molecule has 0 saturated heterocycles. The summed E-state index contributed by atoms with van der Waals surface area (Å²) in [6, 6.07) is 21.0. The van der Waals surface area contributed by atoms with Gasteiger partial charge in [0.1, 0.15) is 5.69 Å². The van der Waals surface area contributed by atoms with Crippen LogP contribution in [0, 0.1) is 0 Å². The molecule has 0 spiro atoms. The normalized spacial score (nSPS) is 12.2. The summed E-state index contributed by atoms with van der Waals surface area (Å²) in [5.41, 5.74) is 3.89. The number of amides is 2. The van der Waals surface area contributed by atoms with Crippen molar-refractivity contribution in [2.24, 2.45) is 5.10 Å². The summed E-state index contributed by atoms with van der Waals surface area (Å²) in [6.07, 6.45) is 0. The lowest BCUT2D eigenvalue weighted by atomic mass is 10.0. The van der Waals surface area contributed by atoms with Gasteiger partial charge in [-0.1, -0.05) is 60.1 Å². The van der Waals surface area contributed by atoms with E-state index in [9.17, 15) is 14.4 Å². The van der Waals surface area contributed by atoms with Gasteiger partial charge in [-0.2, -0.15) is 10.2 Å². The number of fused-ring (bicyclic) bond motifs is 1. The lowest BCUT2D eigenvalue weighted by Gasteiger charge is -2.18. The molecule has 1 unspecified atom stereocenters. The van der Waals surface area contributed by atoms with E-state index in [4.69, 9.17) is 11.6 Å². The molecule has 1 atom stereocenters. The zero-order valence-electron chi connectivity index (χ0n) is 18.1. The third-order valence-electron chi connectivity index (χ3n) is 5.15. The van der Waals surface area contributed by atoms with Crippen LogP contribution in [0.5, 0.6) is 0 Å². The summed E-state index contributed by atoms with van der Waals surface area (Å²) < 4.78 is 0. The van der Waals surface area contributed by atoms with Crippen molar-refractivity contribution in [3.63, 3.8) is 0 Å². The standard InChI is InChI=1S/C25H20ClN5O3/c1-15(17-10-7-11-18(26)14-17)28-31-25(34)22(27-23(32)16-8-3-2-4-9-16)21-19-12-5-6-13-20(19)24(33)30-29-21/h2-14,22H,1H3,(H,27,32)(H,30,33)(H,31,34). The second-order valence-electron chi connectivity index (χ2n) is 7.44. The van der Waals surface area contributed by atoms with Crippen molar-refractivity contribution in [2.75, 3.05) is 0 Å². The van der Waals surface area contributed by atoms with E-state index in [0.717, 1.165) is 5.56 Å². The van der Waals surface area contributed by atoms with Crippen molar-refractivity contribution in [1.29, 1.82) is 0 Å². The van der Waals surface area contributed by atoms with Crippen LogP contribution >= 0.6 is 11.6 Å². The molecular formula is C25H20ClN5O3. The molecule has 0 bridgehead atoms. The molecule has 9 heteroatoms. The third-order valence-corrected chi connectivity index (χ3v) is 5.38. The van der Waals surface area contributed by atoms with Gasteiger partial charge < -0.3 is 5.32 Å². The van der Waals surface area contributed by atoms with Crippen LogP contribution in [0.4, 0.5) is 0 Å². The monoisotopic (exact) mass is 473 g/mol.